The summed E-state index contributed by atoms with van der Waals surface area (Å²) >= 11 is 6.05. The molecule has 3 rings (SSSR count). The molecule has 2 aromatic rings. The average molecular weight is 382 g/mol. The summed E-state index contributed by atoms with van der Waals surface area (Å²) in [6, 6.07) is 4.34. The van der Waals surface area contributed by atoms with Gasteiger partial charge in [-0.2, -0.15) is 5.10 Å². The number of hydrogen-bond acceptors (Lipinski definition) is 5. The van der Waals surface area contributed by atoms with E-state index >= 15 is 0 Å². The second-order valence-corrected chi connectivity index (χ2v) is 6.45. The van der Waals surface area contributed by atoms with Gasteiger partial charge in [-0.05, 0) is 17.7 Å². The molecule has 26 heavy (non-hydrogen) atoms. The van der Waals surface area contributed by atoms with Crippen LogP contribution in [0.2, 0.25) is 5.02 Å². The van der Waals surface area contributed by atoms with Gasteiger partial charge in [0.2, 0.25) is 5.91 Å². The molecule has 1 aliphatic heterocycles. The third-order valence-electron chi connectivity index (χ3n) is 4.26. The Labute approximate surface area is 153 Å². The second kappa shape index (κ2) is 7.79. The van der Waals surface area contributed by atoms with Crippen LogP contribution in [-0.4, -0.2) is 56.6 Å². The Balaban J connectivity index is 1.51. The molecule has 0 atom stereocenters. The molecule has 0 radical (unpaired) electrons. The van der Waals surface area contributed by atoms with Crippen LogP contribution >= 0.6 is 11.6 Å². The molecule has 8 nitrogen and oxygen atoms in total. The summed E-state index contributed by atoms with van der Waals surface area (Å²) in [5, 5.41) is 14.9. The third-order valence-corrected chi connectivity index (χ3v) is 4.61. The molecule has 0 aliphatic carbocycles. The predicted molar refractivity (Wildman–Crippen MR) is 92.1 cm³/mol. The Bertz CT molecular complexity index is 820. The monoisotopic (exact) mass is 381 g/mol. The Hall–Kier alpha value is -2.52. The van der Waals surface area contributed by atoms with Gasteiger partial charge in [0.25, 0.3) is 0 Å². The summed E-state index contributed by atoms with van der Waals surface area (Å²) in [5.74, 6) is -0.504. The molecule has 1 fully saturated rings. The number of carbonyl (C=O) groups excluding carboxylic acids is 1. The maximum absolute atomic E-state index is 13.1. The van der Waals surface area contributed by atoms with E-state index in [1.165, 1.54) is 23.0 Å². The number of benzene rings is 1. The van der Waals surface area contributed by atoms with Gasteiger partial charge >= 0.3 is 5.69 Å². The lowest BCUT2D eigenvalue weighted by molar-refractivity contribution is -0.385. The molecule has 0 N–H and O–H groups in total. The summed E-state index contributed by atoms with van der Waals surface area (Å²) in [5.41, 5.74) is 0.704. The molecular formula is C16H17ClFN5O3. The van der Waals surface area contributed by atoms with Crippen LogP contribution in [-0.2, 0) is 17.9 Å². The molecule has 0 saturated carbocycles. The first-order chi connectivity index (χ1) is 12.4. The van der Waals surface area contributed by atoms with E-state index in [2.05, 4.69) is 10.00 Å². The van der Waals surface area contributed by atoms with Gasteiger partial charge in [0.1, 0.15) is 24.8 Å². The van der Waals surface area contributed by atoms with E-state index < -0.39 is 4.92 Å². The Morgan fingerprint density at radius 2 is 2.04 bits per heavy atom. The van der Waals surface area contributed by atoms with Crippen molar-refractivity contribution < 1.29 is 14.1 Å². The van der Waals surface area contributed by atoms with Crippen molar-refractivity contribution in [3.8, 4) is 0 Å². The summed E-state index contributed by atoms with van der Waals surface area (Å²) in [6.07, 6.45) is 2.36. The molecule has 1 aromatic carbocycles. The van der Waals surface area contributed by atoms with Gasteiger partial charge in [0, 0.05) is 37.7 Å². The van der Waals surface area contributed by atoms with Crippen LogP contribution in [0.25, 0.3) is 0 Å². The second-order valence-electron chi connectivity index (χ2n) is 6.05. The van der Waals surface area contributed by atoms with Crippen LogP contribution in [0.3, 0.4) is 0 Å². The van der Waals surface area contributed by atoms with Crippen molar-refractivity contribution in [2.75, 3.05) is 26.2 Å². The maximum atomic E-state index is 13.1. The minimum Gasteiger partial charge on any atom is -0.339 e. The van der Waals surface area contributed by atoms with Gasteiger partial charge in [0.05, 0.1) is 4.92 Å². The minimum absolute atomic E-state index is 0.0301. The van der Waals surface area contributed by atoms with Crippen LogP contribution < -0.4 is 0 Å². The first-order valence-corrected chi connectivity index (χ1v) is 8.41. The van der Waals surface area contributed by atoms with Crippen molar-refractivity contribution in [1.29, 1.82) is 0 Å². The van der Waals surface area contributed by atoms with Crippen molar-refractivity contribution >= 4 is 23.2 Å². The molecule has 1 aliphatic rings. The Morgan fingerprint density at radius 1 is 1.31 bits per heavy atom. The average Bonchev–Trinajstić information content (AvgIpc) is 3.07. The number of rotatable bonds is 5. The van der Waals surface area contributed by atoms with E-state index in [1.54, 1.807) is 11.0 Å². The number of nitro groups is 1. The van der Waals surface area contributed by atoms with Crippen LogP contribution in [0, 0.1) is 15.9 Å². The van der Waals surface area contributed by atoms with Crippen molar-refractivity contribution in [2.45, 2.75) is 13.1 Å². The number of hydrogen-bond donors (Lipinski definition) is 0. The van der Waals surface area contributed by atoms with Gasteiger partial charge in [-0.1, -0.05) is 17.7 Å². The molecule has 138 valence electrons. The van der Waals surface area contributed by atoms with E-state index in [0.717, 1.165) is 11.8 Å². The predicted octanol–water partition coefficient (Wildman–Crippen LogP) is 1.93. The molecule has 0 unspecified atom stereocenters. The fourth-order valence-electron chi connectivity index (χ4n) is 2.82. The zero-order valence-electron chi connectivity index (χ0n) is 13.8. The Morgan fingerprint density at radius 3 is 2.65 bits per heavy atom. The highest BCUT2D eigenvalue weighted by Gasteiger charge is 2.22. The quantitative estimate of drug-likeness (QED) is 0.583. The molecule has 0 bridgehead atoms. The molecular weight excluding hydrogens is 365 g/mol. The normalized spacial score (nSPS) is 15.2. The van der Waals surface area contributed by atoms with E-state index in [9.17, 15) is 19.3 Å². The first-order valence-electron chi connectivity index (χ1n) is 8.03. The van der Waals surface area contributed by atoms with Crippen molar-refractivity contribution in [1.82, 2.24) is 19.6 Å². The third kappa shape index (κ3) is 4.36. The summed E-state index contributed by atoms with van der Waals surface area (Å²) in [7, 11) is 0. The number of halogens is 2. The van der Waals surface area contributed by atoms with Gasteiger partial charge in [-0.3, -0.25) is 24.5 Å². The maximum Gasteiger partial charge on any atom is 0.307 e. The van der Waals surface area contributed by atoms with Crippen LogP contribution in [0.5, 0.6) is 0 Å². The first kappa shape index (κ1) is 18.3. The van der Waals surface area contributed by atoms with Crippen molar-refractivity contribution in [3.05, 3.63) is 57.1 Å². The van der Waals surface area contributed by atoms with Crippen LogP contribution in [0.4, 0.5) is 10.1 Å². The molecule has 10 heteroatoms. The zero-order chi connectivity index (χ0) is 18.7. The topological polar surface area (TPSA) is 84.5 Å². The molecule has 0 spiro atoms. The standard InChI is InChI=1S/C16H17ClFN5O3/c17-15-7-13(18)2-1-12(15)9-20-3-5-21(6-4-20)16(24)11-22-10-14(8-19-22)23(25)26/h1-2,7-8,10H,3-6,9,11H2. The van der Waals surface area contributed by atoms with E-state index in [1.807, 2.05) is 0 Å². The zero-order valence-corrected chi connectivity index (χ0v) is 14.6. The SMILES string of the molecule is O=C(Cn1cc([N+](=O)[O-])cn1)N1CCN(Cc2ccc(F)cc2Cl)CC1. The highest BCUT2D eigenvalue weighted by atomic mass is 35.5. The van der Waals surface area contributed by atoms with Crippen LogP contribution in [0.15, 0.2) is 30.6 Å². The summed E-state index contributed by atoms with van der Waals surface area (Å²) in [6.45, 7) is 2.98. The number of aromatic nitrogens is 2. The lowest BCUT2D eigenvalue weighted by Crippen LogP contribution is -2.49. The van der Waals surface area contributed by atoms with Crippen molar-refractivity contribution in [3.63, 3.8) is 0 Å². The number of amides is 1. The fourth-order valence-corrected chi connectivity index (χ4v) is 3.05. The van der Waals surface area contributed by atoms with Gasteiger partial charge in [-0.15, -0.1) is 0 Å². The molecule has 2 heterocycles. The number of nitrogens with zero attached hydrogens (tertiary/aromatic N) is 5. The number of carbonyl (C=O) groups is 1. The highest BCUT2D eigenvalue weighted by Crippen LogP contribution is 2.20. The van der Waals surface area contributed by atoms with Gasteiger partial charge < -0.3 is 4.90 Å². The fraction of sp³-hybridized carbons (Fsp3) is 0.375. The van der Waals surface area contributed by atoms with E-state index in [4.69, 9.17) is 11.6 Å². The summed E-state index contributed by atoms with van der Waals surface area (Å²) in [4.78, 5) is 26.3. The van der Waals surface area contributed by atoms with Crippen LogP contribution in [0.1, 0.15) is 5.56 Å². The lowest BCUT2D eigenvalue weighted by Gasteiger charge is -2.34. The summed E-state index contributed by atoms with van der Waals surface area (Å²) < 4.78 is 14.4. The molecule has 1 amide bonds. The number of piperazine rings is 1. The highest BCUT2D eigenvalue weighted by molar-refractivity contribution is 6.31. The van der Waals surface area contributed by atoms with Crippen molar-refractivity contribution in [2.24, 2.45) is 0 Å². The van der Waals surface area contributed by atoms with E-state index in [0.29, 0.717) is 37.7 Å². The molecule has 1 aromatic heterocycles. The smallest absolute Gasteiger partial charge is 0.307 e. The Kier molecular flexibility index (Phi) is 5.48. The van der Waals surface area contributed by atoms with E-state index in [-0.39, 0.29) is 24.0 Å². The van der Waals surface area contributed by atoms with Gasteiger partial charge in [0.15, 0.2) is 0 Å². The minimum atomic E-state index is -0.548. The lowest BCUT2D eigenvalue weighted by atomic mass is 10.2. The molecule has 1 saturated heterocycles. The largest absolute Gasteiger partial charge is 0.339 e. The van der Waals surface area contributed by atoms with Gasteiger partial charge in [-0.25, -0.2) is 4.39 Å².